The van der Waals surface area contributed by atoms with Crippen molar-refractivity contribution in [1.82, 2.24) is 19.7 Å². The minimum atomic E-state index is -0.0226. The lowest BCUT2D eigenvalue weighted by molar-refractivity contribution is 0.0519. The van der Waals surface area contributed by atoms with Gasteiger partial charge in [0.05, 0.1) is 17.3 Å². The van der Waals surface area contributed by atoms with Gasteiger partial charge in [-0.3, -0.25) is 9.48 Å². The number of carbonyl (C=O) groups excluding carboxylic acids is 1. The highest BCUT2D eigenvalue weighted by Crippen LogP contribution is 2.36. The van der Waals surface area contributed by atoms with Crippen molar-refractivity contribution in [2.75, 3.05) is 6.54 Å². The van der Waals surface area contributed by atoms with Crippen molar-refractivity contribution in [1.29, 1.82) is 0 Å². The molecule has 0 unspecified atom stereocenters. The quantitative estimate of drug-likeness (QED) is 0.704. The number of aryl methyl sites for hydroxylation is 3. The van der Waals surface area contributed by atoms with Crippen LogP contribution in [0.3, 0.4) is 0 Å². The van der Waals surface area contributed by atoms with Crippen LogP contribution in [0.15, 0.2) is 28.8 Å². The van der Waals surface area contributed by atoms with E-state index in [1.54, 1.807) is 10.9 Å². The zero-order chi connectivity index (χ0) is 18.4. The van der Waals surface area contributed by atoms with Crippen LogP contribution < -0.4 is 0 Å². The molecule has 0 N–H and O–H groups in total. The zero-order valence-corrected chi connectivity index (χ0v) is 15.7. The fourth-order valence-corrected chi connectivity index (χ4v) is 3.88. The van der Waals surface area contributed by atoms with Crippen LogP contribution in [0.2, 0.25) is 0 Å². The van der Waals surface area contributed by atoms with Gasteiger partial charge in [-0.2, -0.15) is 5.10 Å². The molecule has 26 heavy (non-hydrogen) atoms. The maximum Gasteiger partial charge on any atom is 0.256 e. The Morgan fingerprint density at radius 3 is 2.85 bits per heavy atom. The molecule has 0 spiro atoms. The highest BCUT2D eigenvalue weighted by atomic mass is 16.3. The summed E-state index contributed by atoms with van der Waals surface area (Å²) in [6.45, 7) is 6.84. The normalized spacial score (nSPS) is 20.7. The molecular formula is C20H24N4O2. The highest BCUT2D eigenvalue weighted by Gasteiger charge is 2.33. The molecule has 6 nitrogen and oxygen atoms in total. The summed E-state index contributed by atoms with van der Waals surface area (Å²) in [5, 5.41) is 5.32. The lowest BCUT2D eigenvalue weighted by Gasteiger charge is -2.37. The fraction of sp³-hybridized carbons (Fsp3) is 0.450. The molecule has 0 aromatic carbocycles. The van der Waals surface area contributed by atoms with Crippen LogP contribution in [-0.2, 0) is 7.05 Å². The monoisotopic (exact) mass is 352 g/mol. The molecule has 1 amide bonds. The second kappa shape index (κ2) is 6.27. The van der Waals surface area contributed by atoms with Crippen LogP contribution in [0.4, 0.5) is 0 Å². The van der Waals surface area contributed by atoms with Crippen molar-refractivity contribution in [3.8, 4) is 0 Å². The molecule has 1 aliphatic heterocycles. The van der Waals surface area contributed by atoms with E-state index in [-0.39, 0.29) is 11.9 Å². The Morgan fingerprint density at radius 1 is 1.31 bits per heavy atom. The largest absolute Gasteiger partial charge is 0.464 e. The number of furan rings is 1. The third-order valence-electron chi connectivity index (χ3n) is 5.33. The summed E-state index contributed by atoms with van der Waals surface area (Å²) in [6.07, 6.45) is 3.58. The van der Waals surface area contributed by atoms with Gasteiger partial charge in [-0.1, -0.05) is 6.92 Å². The lowest BCUT2D eigenvalue weighted by atomic mass is 9.90. The van der Waals surface area contributed by atoms with Gasteiger partial charge < -0.3 is 9.32 Å². The summed E-state index contributed by atoms with van der Waals surface area (Å²) in [7, 11) is 1.87. The van der Waals surface area contributed by atoms with Crippen molar-refractivity contribution in [2.45, 2.75) is 39.7 Å². The van der Waals surface area contributed by atoms with E-state index in [2.05, 4.69) is 17.0 Å². The number of aromatic nitrogens is 3. The number of hydrogen-bond donors (Lipinski definition) is 0. The van der Waals surface area contributed by atoms with Crippen LogP contribution in [0.1, 0.15) is 53.4 Å². The van der Waals surface area contributed by atoms with E-state index in [4.69, 9.17) is 4.42 Å². The minimum absolute atomic E-state index is 0.00797. The van der Waals surface area contributed by atoms with Crippen molar-refractivity contribution >= 4 is 16.9 Å². The number of amides is 1. The third-order valence-corrected chi connectivity index (χ3v) is 5.33. The Morgan fingerprint density at radius 2 is 2.12 bits per heavy atom. The Bertz CT molecular complexity index is 972. The lowest BCUT2D eigenvalue weighted by Crippen LogP contribution is -2.40. The van der Waals surface area contributed by atoms with Crippen LogP contribution in [0.25, 0.3) is 11.0 Å². The molecule has 1 fully saturated rings. The van der Waals surface area contributed by atoms with Crippen molar-refractivity contribution in [2.24, 2.45) is 13.0 Å². The standard InChI is InChI=1S/C20H24N4O2/c1-12-7-8-24(17(9-12)18-6-5-13(2)26-18)20(25)15-10-16-14(3)22-23(4)19(16)21-11-15/h5-6,10-12,17H,7-9H2,1-4H3/t12-,17+/m1/s1. The van der Waals surface area contributed by atoms with Gasteiger partial charge >= 0.3 is 0 Å². The molecule has 4 rings (SSSR count). The van der Waals surface area contributed by atoms with Crippen molar-refractivity contribution in [3.63, 3.8) is 0 Å². The Balaban J connectivity index is 1.70. The Hall–Kier alpha value is -2.63. The average Bonchev–Trinajstić information content (AvgIpc) is 3.18. The maximum absolute atomic E-state index is 13.3. The zero-order valence-electron chi connectivity index (χ0n) is 15.7. The van der Waals surface area contributed by atoms with E-state index in [0.717, 1.165) is 47.6 Å². The van der Waals surface area contributed by atoms with Gasteiger partial charge in [-0.25, -0.2) is 4.98 Å². The van der Waals surface area contributed by atoms with Gasteiger partial charge in [-0.15, -0.1) is 0 Å². The predicted molar refractivity (Wildman–Crippen MR) is 98.9 cm³/mol. The summed E-state index contributed by atoms with van der Waals surface area (Å²) in [5.74, 6) is 2.32. The van der Waals surface area contributed by atoms with Crippen LogP contribution >= 0.6 is 0 Å². The highest BCUT2D eigenvalue weighted by molar-refractivity contribution is 5.97. The van der Waals surface area contributed by atoms with Gasteiger partial charge in [0, 0.05) is 25.2 Å². The number of piperidine rings is 1. The van der Waals surface area contributed by atoms with Gasteiger partial charge in [0.1, 0.15) is 11.5 Å². The molecule has 1 saturated heterocycles. The number of nitrogens with zero attached hydrogens (tertiary/aromatic N) is 4. The SMILES string of the molecule is Cc1ccc([C@@H]2C[C@H](C)CCN2C(=O)c2cnc3c(c2)c(C)nn3C)o1. The third kappa shape index (κ3) is 2.79. The topological polar surface area (TPSA) is 64.2 Å². The van der Waals surface area contributed by atoms with Gasteiger partial charge in [0.2, 0.25) is 0 Å². The Kier molecular flexibility index (Phi) is 4.05. The number of carbonyl (C=O) groups is 1. The smallest absolute Gasteiger partial charge is 0.256 e. The summed E-state index contributed by atoms with van der Waals surface area (Å²) in [6, 6.07) is 5.84. The van der Waals surface area contributed by atoms with Gasteiger partial charge in [0.25, 0.3) is 5.91 Å². The molecular weight excluding hydrogens is 328 g/mol. The fourth-order valence-electron chi connectivity index (χ4n) is 3.88. The number of hydrogen-bond acceptors (Lipinski definition) is 4. The predicted octanol–water partition coefficient (Wildman–Crippen LogP) is 3.79. The van der Waals surface area contributed by atoms with E-state index in [9.17, 15) is 4.79 Å². The van der Waals surface area contributed by atoms with Crippen molar-refractivity contribution < 1.29 is 9.21 Å². The molecule has 3 aromatic rings. The molecule has 0 aliphatic carbocycles. The second-order valence-corrected chi connectivity index (χ2v) is 7.40. The van der Waals surface area contributed by atoms with Crippen LogP contribution in [0.5, 0.6) is 0 Å². The van der Waals surface area contributed by atoms with E-state index in [1.165, 1.54) is 0 Å². The number of likely N-dealkylation sites (tertiary alicyclic amines) is 1. The summed E-state index contributed by atoms with van der Waals surface area (Å²) in [4.78, 5) is 19.7. The maximum atomic E-state index is 13.3. The number of pyridine rings is 1. The first kappa shape index (κ1) is 16.8. The summed E-state index contributed by atoms with van der Waals surface area (Å²) >= 11 is 0. The summed E-state index contributed by atoms with van der Waals surface area (Å²) in [5.41, 5.74) is 2.29. The van der Waals surface area contributed by atoms with E-state index < -0.39 is 0 Å². The number of rotatable bonds is 2. The average molecular weight is 352 g/mol. The molecule has 136 valence electrons. The van der Waals surface area contributed by atoms with E-state index >= 15 is 0 Å². The molecule has 3 aromatic heterocycles. The molecule has 1 aliphatic rings. The molecule has 0 bridgehead atoms. The summed E-state index contributed by atoms with van der Waals surface area (Å²) < 4.78 is 7.60. The van der Waals surface area contributed by atoms with Crippen LogP contribution in [-0.4, -0.2) is 32.1 Å². The molecule has 4 heterocycles. The molecule has 0 radical (unpaired) electrons. The minimum Gasteiger partial charge on any atom is -0.464 e. The Labute approximate surface area is 152 Å². The second-order valence-electron chi connectivity index (χ2n) is 7.40. The first-order valence-corrected chi connectivity index (χ1v) is 9.10. The van der Waals surface area contributed by atoms with E-state index in [0.29, 0.717) is 11.5 Å². The first-order chi connectivity index (χ1) is 12.4. The molecule has 0 saturated carbocycles. The van der Waals surface area contributed by atoms with Gasteiger partial charge in [-0.05, 0) is 50.8 Å². The first-order valence-electron chi connectivity index (χ1n) is 9.10. The molecule has 2 atom stereocenters. The number of fused-ring (bicyclic) bond motifs is 1. The molecule has 6 heteroatoms. The van der Waals surface area contributed by atoms with E-state index in [1.807, 2.05) is 44.0 Å². The van der Waals surface area contributed by atoms with Crippen molar-refractivity contribution in [3.05, 3.63) is 47.2 Å². The van der Waals surface area contributed by atoms with Gasteiger partial charge in [0.15, 0.2) is 5.65 Å². The van der Waals surface area contributed by atoms with Crippen LogP contribution in [0, 0.1) is 19.8 Å².